The zero-order valence-corrected chi connectivity index (χ0v) is 7.74. The van der Waals surface area contributed by atoms with Crippen LogP contribution < -0.4 is 10.6 Å². The minimum absolute atomic E-state index is 0.629. The van der Waals surface area contributed by atoms with Crippen LogP contribution in [0.15, 0.2) is 0 Å². The average molecular weight is 156 g/mol. The fourth-order valence-electron chi connectivity index (χ4n) is 1.50. The summed E-state index contributed by atoms with van der Waals surface area (Å²) in [6.45, 7) is 5.78. The van der Waals surface area contributed by atoms with E-state index in [0.29, 0.717) is 5.41 Å². The van der Waals surface area contributed by atoms with Crippen molar-refractivity contribution in [3.63, 3.8) is 0 Å². The Bertz CT molecular complexity index is 108. The van der Waals surface area contributed by atoms with Gasteiger partial charge in [0.05, 0.1) is 0 Å². The van der Waals surface area contributed by atoms with Crippen LogP contribution in [-0.2, 0) is 0 Å². The van der Waals surface area contributed by atoms with Gasteiger partial charge >= 0.3 is 0 Å². The summed E-state index contributed by atoms with van der Waals surface area (Å²) < 4.78 is 0. The van der Waals surface area contributed by atoms with Crippen LogP contribution >= 0.6 is 0 Å². The van der Waals surface area contributed by atoms with Crippen molar-refractivity contribution in [1.82, 2.24) is 10.6 Å². The Labute approximate surface area is 69.8 Å². The lowest BCUT2D eigenvalue weighted by atomic mass is 10.1. The molecule has 0 amide bonds. The highest BCUT2D eigenvalue weighted by molar-refractivity contribution is 4.96. The minimum atomic E-state index is 0.629. The van der Waals surface area contributed by atoms with Gasteiger partial charge in [0.15, 0.2) is 0 Å². The number of hydrogen-bond donors (Lipinski definition) is 2. The molecule has 2 nitrogen and oxygen atoms in total. The standard InChI is InChI=1S/C9H20N2/c1-3-6-11-8-9(4-5-9)7-10-2/h10-11H,3-8H2,1-2H3. The molecular formula is C9H20N2. The fraction of sp³-hybridized carbons (Fsp3) is 1.00. The second-order valence-electron chi connectivity index (χ2n) is 3.71. The third kappa shape index (κ3) is 2.80. The predicted octanol–water partition coefficient (Wildman–Crippen LogP) is 0.986. The normalized spacial score (nSPS) is 20.2. The van der Waals surface area contributed by atoms with Gasteiger partial charge in [-0.3, -0.25) is 0 Å². The zero-order chi connectivity index (χ0) is 8.16. The summed E-state index contributed by atoms with van der Waals surface area (Å²) in [7, 11) is 2.04. The third-order valence-corrected chi connectivity index (χ3v) is 2.44. The highest BCUT2D eigenvalue weighted by Crippen LogP contribution is 2.44. The molecule has 0 saturated heterocycles. The van der Waals surface area contributed by atoms with Gasteiger partial charge in [0, 0.05) is 13.1 Å². The summed E-state index contributed by atoms with van der Waals surface area (Å²) in [5.74, 6) is 0. The smallest absolute Gasteiger partial charge is 0.00200 e. The molecule has 1 fully saturated rings. The summed E-state index contributed by atoms with van der Waals surface area (Å²) in [6, 6.07) is 0. The third-order valence-electron chi connectivity index (χ3n) is 2.44. The molecule has 1 aliphatic carbocycles. The largest absolute Gasteiger partial charge is 0.319 e. The van der Waals surface area contributed by atoms with Crippen LogP contribution in [0.3, 0.4) is 0 Å². The first-order valence-corrected chi connectivity index (χ1v) is 4.68. The van der Waals surface area contributed by atoms with E-state index in [1.54, 1.807) is 0 Å². The van der Waals surface area contributed by atoms with E-state index in [2.05, 4.69) is 17.6 Å². The molecule has 1 rings (SSSR count). The van der Waals surface area contributed by atoms with Gasteiger partial charge in [0.1, 0.15) is 0 Å². The Balaban J connectivity index is 2.04. The van der Waals surface area contributed by atoms with Crippen LogP contribution in [0.2, 0.25) is 0 Å². The minimum Gasteiger partial charge on any atom is -0.319 e. The first-order valence-electron chi connectivity index (χ1n) is 4.68. The monoisotopic (exact) mass is 156 g/mol. The van der Waals surface area contributed by atoms with Crippen molar-refractivity contribution in [2.45, 2.75) is 26.2 Å². The van der Waals surface area contributed by atoms with E-state index in [4.69, 9.17) is 0 Å². The lowest BCUT2D eigenvalue weighted by Crippen LogP contribution is -2.31. The average Bonchev–Trinajstić information content (AvgIpc) is 2.71. The first kappa shape index (κ1) is 9.01. The van der Waals surface area contributed by atoms with E-state index < -0.39 is 0 Å². The molecule has 1 aliphatic rings. The van der Waals surface area contributed by atoms with Gasteiger partial charge in [-0.15, -0.1) is 0 Å². The van der Waals surface area contributed by atoms with Crippen molar-refractivity contribution in [3.8, 4) is 0 Å². The molecule has 0 atom stereocenters. The van der Waals surface area contributed by atoms with E-state index in [0.717, 1.165) is 0 Å². The first-order chi connectivity index (χ1) is 5.33. The molecule has 2 heteroatoms. The maximum atomic E-state index is 3.48. The maximum absolute atomic E-state index is 3.48. The predicted molar refractivity (Wildman–Crippen MR) is 48.8 cm³/mol. The van der Waals surface area contributed by atoms with Crippen molar-refractivity contribution < 1.29 is 0 Å². The molecule has 2 N–H and O–H groups in total. The van der Waals surface area contributed by atoms with Crippen LogP contribution in [0.1, 0.15) is 26.2 Å². The second kappa shape index (κ2) is 4.07. The number of hydrogen-bond acceptors (Lipinski definition) is 2. The second-order valence-corrected chi connectivity index (χ2v) is 3.71. The van der Waals surface area contributed by atoms with E-state index in [-0.39, 0.29) is 0 Å². The Morgan fingerprint density at radius 3 is 2.45 bits per heavy atom. The van der Waals surface area contributed by atoms with Crippen LogP contribution in [0.4, 0.5) is 0 Å². The lowest BCUT2D eigenvalue weighted by Gasteiger charge is -2.14. The van der Waals surface area contributed by atoms with Gasteiger partial charge in [-0.05, 0) is 38.3 Å². The van der Waals surface area contributed by atoms with Crippen LogP contribution in [-0.4, -0.2) is 26.7 Å². The molecule has 0 unspecified atom stereocenters. The maximum Gasteiger partial charge on any atom is 0.00200 e. The Hall–Kier alpha value is -0.0800. The molecule has 1 saturated carbocycles. The topological polar surface area (TPSA) is 24.1 Å². The van der Waals surface area contributed by atoms with Crippen LogP contribution in [0, 0.1) is 5.41 Å². The Kier molecular flexibility index (Phi) is 3.34. The fourth-order valence-corrected chi connectivity index (χ4v) is 1.50. The van der Waals surface area contributed by atoms with Crippen molar-refractivity contribution in [2.24, 2.45) is 5.41 Å². The molecule has 0 aromatic carbocycles. The highest BCUT2D eigenvalue weighted by Gasteiger charge is 2.40. The molecule has 66 valence electrons. The summed E-state index contributed by atoms with van der Waals surface area (Å²) in [6.07, 6.45) is 4.06. The summed E-state index contributed by atoms with van der Waals surface area (Å²) in [4.78, 5) is 0. The zero-order valence-electron chi connectivity index (χ0n) is 7.74. The van der Waals surface area contributed by atoms with Gasteiger partial charge in [-0.1, -0.05) is 6.92 Å². The SMILES string of the molecule is CCCNCC1(CNC)CC1. The molecule has 11 heavy (non-hydrogen) atoms. The van der Waals surface area contributed by atoms with Crippen molar-refractivity contribution in [1.29, 1.82) is 0 Å². The van der Waals surface area contributed by atoms with Crippen molar-refractivity contribution in [3.05, 3.63) is 0 Å². The Morgan fingerprint density at radius 2 is 2.00 bits per heavy atom. The highest BCUT2D eigenvalue weighted by atomic mass is 14.9. The molecular weight excluding hydrogens is 136 g/mol. The quantitative estimate of drug-likeness (QED) is 0.560. The molecule has 0 bridgehead atoms. The summed E-state index contributed by atoms with van der Waals surface area (Å²) >= 11 is 0. The van der Waals surface area contributed by atoms with Gasteiger partial charge in [0.2, 0.25) is 0 Å². The number of rotatable bonds is 6. The van der Waals surface area contributed by atoms with Crippen molar-refractivity contribution >= 4 is 0 Å². The Morgan fingerprint density at radius 1 is 1.27 bits per heavy atom. The van der Waals surface area contributed by atoms with Crippen molar-refractivity contribution in [2.75, 3.05) is 26.7 Å². The van der Waals surface area contributed by atoms with Gasteiger partial charge in [-0.2, -0.15) is 0 Å². The van der Waals surface area contributed by atoms with E-state index in [1.807, 2.05) is 7.05 Å². The molecule has 0 aliphatic heterocycles. The molecule has 0 aromatic rings. The van der Waals surface area contributed by atoms with E-state index in [9.17, 15) is 0 Å². The molecule has 0 aromatic heterocycles. The van der Waals surface area contributed by atoms with Crippen LogP contribution in [0.5, 0.6) is 0 Å². The van der Waals surface area contributed by atoms with Gasteiger partial charge in [0.25, 0.3) is 0 Å². The molecule has 0 radical (unpaired) electrons. The summed E-state index contributed by atoms with van der Waals surface area (Å²) in [5.41, 5.74) is 0.629. The summed E-state index contributed by atoms with van der Waals surface area (Å²) in [5, 5.41) is 6.74. The molecule has 0 heterocycles. The molecule has 0 spiro atoms. The van der Waals surface area contributed by atoms with Gasteiger partial charge < -0.3 is 10.6 Å². The lowest BCUT2D eigenvalue weighted by molar-refractivity contribution is 0.439. The van der Waals surface area contributed by atoms with E-state index in [1.165, 1.54) is 38.9 Å². The van der Waals surface area contributed by atoms with Crippen LogP contribution in [0.25, 0.3) is 0 Å². The van der Waals surface area contributed by atoms with E-state index >= 15 is 0 Å². The number of nitrogens with one attached hydrogen (secondary N) is 2. The van der Waals surface area contributed by atoms with Gasteiger partial charge in [-0.25, -0.2) is 0 Å².